The molecule has 1 atom stereocenters. The quantitative estimate of drug-likeness (QED) is 0.772. The smallest absolute Gasteiger partial charge is 0.255 e. The van der Waals surface area contributed by atoms with E-state index in [9.17, 15) is 4.79 Å². The topological polar surface area (TPSA) is 67.0 Å². The summed E-state index contributed by atoms with van der Waals surface area (Å²) in [6.07, 6.45) is 0.671. The SMILES string of the molecule is C=C(C)COc1ccccc1C(=O)NC(C)Cc1cc(C)[nH]n1. The van der Waals surface area contributed by atoms with Gasteiger partial charge < -0.3 is 10.1 Å². The number of amides is 1. The van der Waals surface area contributed by atoms with Gasteiger partial charge in [0.15, 0.2) is 0 Å². The predicted octanol–water partition coefficient (Wildman–Crippen LogP) is 3.03. The fraction of sp³-hybridized carbons (Fsp3) is 0.333. The Hall–Kier alpha value is -2.56. The minimum atomic E-state index is -0.151. The first-order valence-corrected chi connectivity index (χ1v) is 7.63. The molecule has 1 aromatic carbocycles. The maximum atomic E-state index is 12.5. The first-order chi connectivity index (χ1) is 11.0. The summed E-state index contributed by atoms with van der Waals surface area (Å²) in [5.41, 5.74) is 3.38. The number of H-pyrrole nitrogens is 1. The summed E-state index contributed by atoms with van der Waals surface area (Å²) in [6, 6.07) is 9.17. The first kappa shape index (κ1) is 16.8. The first-order valence-electron chi connectivity index (χ1n) is 7.63. The van der Waals surface area contributed by atoms with E-state index in [1.54, 1.807) is 12.1 Å². The van der Waals surface area contributed by atoms with Crippen LogP contribution in [-0.4, -0.2) is 28.8 Å². The molecule has 122 valence electrons. The molecule has 0 saturated carbocycles. The molecule has 0 aliphatic rings. The summed E-state index contributed by atoms with van der Waals surface area (Å²) in [5, 5.41) is 10.1. The second kappa shape index (κ2) is 7.63. The normalized spacial score (nSPS) is 11.8. The summed E-state index contributed by atoms with van der Waals surface area (Å²) in [6.45, 7) is 10.00. The molecule has 1 heterocycles. The van der Waals surface area contributed by atoms with Crippen LogP contribution in [0.4, 0.5) is 0 Å². The number of aromatic amines is 1. The number of carbonyl (C=O) groups excluding carboxylic acids is 1. The van der Waals surface area contributed by atoms with Crippen molar-refractivity contribution in [1.82, 2.24) is 15.5 Å². The maximum absolute atomic E-state index is 12.5. The molecular formula is C18H23N3O2. The minimum absolute atomic E-state index is 0.0283. The van der Waals surface area contributed by atoms with Gasteiger partial charge in [-0.05, 0) is 44.5 Å². The van der Waals surface area contributed by atoms with E-state index in [1.807, 2.05) is 39.0 Å². The fourth-order valence-electron chi connectivity index (χ4n) is 2.23. The molecule has 0 bridgehead atoms. The van der Waals surface area contributed by atoms with Gasteiger partial charge in [-0.15, -0.1) is 0 Å². The van der Waals surface area contributed by atoms with Gasteiger partial charge in [0.2, 0.25) is 0 Å². The molecule has 1 aromatic heterocycles. The van der Waals surface area contributed by atoms with Crippen LogP contribution in [0.1, 0.15) is 35.6 Å². The number of hydrogen-bond donors (Lipinski definition) is 2. The van der Waals surface area contributed by atoms with E-state index < -0.39 is 0 Å². The van der Waals surface area contributed by atoms with Crippen molar-refractivity contribution in [2.75, 3.05) is 6.61 Å². The van der Waals surface area contributed by atoms with Crippen molar-refractivity contribution in [3.8, 4) is 5.75 Å². The third-order valence-electron chi connectivity index (χ3n) is 3.26. The number of aryl methyl sites for hydroxylation is 1. The summed E-state index contributed by atoms with van der Waals surface area (Å²) < 4.78 is 5.65. The summed E-state index contributed by atoms with van der Waals surface area (Å²) >= 11 is 0. The van der Waals surface area contributed by atoms with Gasteiger partial charge in [0, 0.05) is 18.2 Å². The van der Waals surface area contributed by atoms with Crippen LogP contribution in [0.25, 0.3) is 0 Å². The molecule has 0 spiro atoms. The Morgan fingerprint density at radius 3 is 2.83 bits per heavy atom. The molecule has 0 aliphatic heterocycles. The zero-order valence-electron chi connectivity index (χ0n) is 13.8. The van der Waals surface area contributed by atoms with E-state index in [-0.39, 0.29) is 11.9 Å². The molecule has 1 unspecified atom stereocenters. The van der Waals surface area contributed by atoms with Gasteiger partial charge in [-0.25, -0.2) is 0 Å². The van der Waals surface area contributed by atoms with E-state index in [2.05, 4.69) is 22.1 Å². The van der Waals surface area contributed by atoms with E-state index >= 15 is 0 Å². The number of nitrogens with one attached hydrogen (secondary N) is 2. The molecule has 2 N–H and O–H groups in total. The van der Waals surface area contributed by atoms with E-state index in [1.165, 1.54) is 0 Å². The van der Waals surface area contributed by atoms with Crippen molar-refractivity contribution in [1.29, 1.82) is 0 Å². The largest absolute Gasteiger partial charge is 0.488 e. The Morgan fingerprint density at radius 1 is 1.43 bits per heavy atom. The zero-order chi connectivity index (χ0) is 16.8. The Kier molecular flexibility index (Phi) is 5.57. The van der Waals surface area contributed by atoms with Gasteiger partial charge in [-0.3, -0.25) is 9.89 Å². The summed E-state index contributed by atoms with van der Waals surface area (Å²) in [7, 11) is 0. The van der Waals surface area contributed by atoms with Crippen molar-refractivity contribution in [2.24, 2.45) is 0 Å². The average molecular weight is 313 g/mol. The van der Waals surface area contributed by atoms with Crippen LogP contribution in [0, 0.1) is 6.92 Å². The molecule has 5 nitrogen and oxygen atoms in total. The Labute approximate surface area is 136 Å². The number of para-hydroxylation sites is 1. The van der Waals surface area contributed by atoms with Crippen LogP contribution in [0.5, 0.6) is 5.75 Å². The molecule has 23 heavy (non-hydrogen) atoms. The lowest BCUT2D eigenvalue weighted by molar-refractivity contribution is 0.0936. The molecular weight excluding hydrogens is 290 g/mol. The monoisotopic (exact) mass is 313 g/mol. The van der Waals surface area contributed by atoms with E-state index in [0.717, 1.165) is 17.0 Å². The Balaban J connectivity index is 2.00. The lowest BCUT2D eigenvalue weighted by atomic mass is 10.1. The highest BCUT2D eigenvalue weighted by Crippen LogP contribution is 2.18. The highest BCUT2D eigenvalue weighted by molar-refractivity contribution is 5.97. The highest BCUT2D eigenvalue weighted by atomic mass is 16.5. The van der Waals surface area contributed by atoms with Crippen LogP contribution in [0.3, 0.4) is 0 Å². The van der Waals surface area contributed by atoms with Crippen molar-refractivity contribution in [3.63, 3.8) is 0 Å². The Bertz CT molecular complexity index is 691. The van der Waals surface area contributed by atoms with Crippen LogP contribution in [-0.2, 0) is 6.42 Å². The molecule has 0 radical (unpaired) electrons. The molecule has 0 fully saturated rings. The number of benzene rings is 1. The van der Waals surface area contributed by atoms with Crippen LogP contribution in [0.15, 0.2) is 42.5 Å². The lowest BCUT2D eigenvalue weighted by Crippen LogP contribution is -2.34. The number of nitrogens with zero attached hydrogens (tertiary/aromatic N) is 1. The highest BCUT2D eigenvalue weighted by Gasteiger charge is 2.15. The van der Waals surface area contributed by atoms with Gasteiger partial charge in [0.1, 0.15) is 12.4 Å². The molecule has 2 rings (SSSR count). The third kappa shape index (κ3) is 4.98. The van der Waals surface area contributed by atoms with Crippen LogP contribution in [0.2, 0.25) is 0 Å². The third-order valence-corrected chi connectivity index (χ3v) is 3.26. The van der Waals surface area contributed by atoms with Crippen LogP contribution >= 0.6 is 0 Å². The number of aromatic nitrogens is 2. The maximum Gasteiger partial charge on any atom is 0.255 e. The fourth-order valence-corrected chi connectivity index (χ4v) is 2.23. The van der Waals surface area contributed by atoms with Crippen LogP contribution < -0.4 is 10.1 Å². The second-order valence-corrected chi connectivity index (χ2v) is 5.86. The molecule has 1 amide bonds. The van der Waals surface area contributed by atoms with Crippen molar-refractivity contribution >= 4 is 5.91 Å². The predicted molar refractivity (Wildman–Crippen MR) is 90.7 cm³/mol. The zero-order valence-corrected chi connectivity index (χ0v) is 13.8. The van der Waals surface area contributed by atoms with E-state index in [0.29, 0.717) is 24.3 Å². The number of hydrogen-bond acceptors (Lipinski definition) is 3. The molecule has 0 saturated heterocycles. The lowest BCUT2D eigenvalue weighted by Gasteiger charge is -2.15. The summed E-state index contributed by atoms with van der Waals surface area (Å²) in [4.78, 5) is 12.5. The van der Waals surface area contributed by atoms with Crippen molar-refractivity contribution in [3.05, 3.63) is 59.4 Å². The van der Waals surface area contributed by atoms with E-state index in [4.69, 9.17) is 4.74 Å². The number of rotatable bonds is 7. The number of carbonyl (C=O) groups is 1. The van der Waals surface area contributed by atoms with Crippen molar-refractivity contribution < 1.29 is 9.53 Å². The standard InChI is InChI=1S/C18H23N3O2/c1-12(2)11-23-17-8-6-5-7-16(17)18(22)19-13(3)9-15-10-14(4)20-21-15/h5-8,10,13H,1,9,11H2,2-4H3,(H,19,22)(H,20,21). The van der Waals surface area contributed by atoms with Gasteiger partial charge in [-0.1, -0.05) is 18.7 Å². The summed E-state index contributed by atoms with van der Waals surface area (Å²) in [5.74, 6) is 0.415. The van der Waals surface area contributed by atoms with Gasteiger partial charge in [0.25, 0.3) is 5.91 Å². The second-order valence-electron chi connectivity index (χ2n) is 5.86. The van der Waals surface area contributed by atoms with Gasteiger partial charge >= 0.3 is 0 Å². The number of ether oxygens (including phenoxy) is 1. The Morgan fingerprint density at radius 2 is 2.17 bits per heavy atom. The molecule has 2 aromatic rings. The average Bonchev–Trinajstić information content (AvgIpc) is 2.90. The minimum Gasteiger partial charge on any atom is -0.488 e. The molecule has 0 aliphatic carbocycles. The molecule has 5 heteroatoms. The van der Waals surface area contributed by atoms with Gasteiger partial charge in [0.05, 0.1) is 11.3 Å². The van der Waals surface area contributed by atoms with Crippen molar-refractivity contribution in [2.45, 2.75) is 33.2 Å². The van der Waals surface area contributed by atoms with Gasteiger partial charge in [-0.2, -0.15) is 5.10 Å².